The molecule has 2 heterocycles. The Morgan fingerprint density at radius 1 is 0.966 bits per heavy atom. The second-order valence-corrected chi connectivity index (χ2v) is 9.11. The van der Waals surface area contributed by atoms with Crippen molar-refractivity contribution in [2.24, 2.45) is 4.99 Å². The monoisotopic (exact) mass is 417 g/mol. The van der Waals surface area contributed by atoms with E-state index in [9.17, 15) is 12.8 Å². The average molecular weight is 418 g/mol. The number of sulfonamides is 1. The van der Waals surface area contributed by atoms with Gasteiger partial charge in [-0.15, -0.1) is 0 Å². The molecular formula is C21H24FN3O3S. The summed E-state index contributed by atoms with van der Waals surface area (Å²) in [5.41, 5.74) is 2.27. The molecule has 8 heteroatoms. The van der Waals surface area contributed by atoms with E-state index in [1.165, 1.54) is 16.4 Å². The summed E-state index contributed by atoms with van der Waals surface area (Å²) in [6, 6.07) is 11.2. The van der Waals surface area contributed by atoms with E-state index < -0.39 is 10.0 Å². The molecular weight excluding hydrogens is 393 g/mol. The summed E-state index contributed by atoms with van der Waals surface area (Å²) < 4.78 is 46.0. The number of aliphatic imine (C=N–C) groups is 1. The Balaban J connectivity index is 1.69. The molecule has 2 saturated heterocycles. The molecule has 2 aliphatic heterocycles. The fourth-order valence-corrected chi connectivity index (χ4v) is 5.05. The van der Waals surface area contributed by atoms with Gasteiger partial charge in [0.1, 0.15) is 5.82 Å². The molecule has 6 nitrogen and oxygen atoms in total. The highest BCUT2D eigenvalue weighted by Crippen LogP contribution is 2.34. The molecule has 0 radical (unpaired) electrons. The molecule has 2 aromatic rings. The van der Waals surface area contributed by atoms with Gasteiger partial charge in [-0.3, -0.25) is 4.99 Å². The lowest BCUT2D eigenvalue weighted by Gasteiger charge is -2.27. The number of morpholine rings is 1. The van der Waals surface area contributed by atoms with Crippen molar-refractivity contribution in [3.05, 3.63) is 53.8 Å². The largest absolute Gasteiger partial charge is 0.379 e. The lowest BCUT2D eigenvalue weighted by atomic mass is 10.2. The topological polar surface area (TPSA) is 62.2 Å². The Kier molecular flexibility index (Phi) is 5.94. The molecule has 2 aromatic carbocycles. The molecule has 0 amide bonds. The first-order valence-electron chi connectivity index (χ1n) is 9.80. The Morgan fingerprint density at radius 2 is 1.66 bits per heavy atom. The molecule has 0 N–H and O–H groups in total. The Bertz CT molecular complexity index is 981. The van der Waals surface area contributed by atoms with Crippen LogP contribution in [0.3, 0.4) is 0 Å². The predicted octanol–water partition coefficient (Wildman–Crippen LogP) is 3.20. The summed E-state index contributed by atoms with van der Waals surface area (Å²) in [6.45, 7) is 3.36. The number of anilines is 1. The van der Waals surface area contributed by atoms with Crippen LogP contribution >= 0.6 is 0 Å². The first-order chi connectivity index (χ1) is 14.0. The number of rotatable bonds is 5. The smallest absolute Gasteiger partial charge is 0.243 e. The number of halogens is 1. The van der Waals surface area contributed by atoms with Crippen LogP contribution in [0.15, 0.2) is 52.4 Å². The van der Waals surface area contributed by atoms with Crippen LogP contribution in [0.2, 0.25) is 0 Å². The van der Waals surface area contributed by atoms with Gasteiger partial charge in [-0.1, -0.05) is 12.1 Å². The number of hydrogen-bond acceptors (Lipinski definition) is 5. The van der Waals surface area contributed by atoms with Crippen LogP contribution in [0.25, 0.3) is 0 Å². The Hall–Kier alpha value is -2.29. The number of benzene rings is 2. The van der Waals surface area contributed by atoms with Gasteiger partial charge in [0.2, 0.25) is 10.0 Å². The maximum Gasteiger partial charge on any atom is 0.243 e. The fraction of sp³-hybridized carbons (Fsp3) is 0.381. The van der Waals surface area contributed by atoms with Gasteiger partial charge in [-0.2, -0.15) is 4.31 Å². The van der Waals surface area contributed by atoms with Gasteiger partial charge in [0.25, 0.3) is 0 Å². The lowest BCUT2D eigenvalue weighted by Crippen LogP contribution is -2.40. The first kappa shape index (κ1) is 20.0. The SMILES string of the molecule is O=S(=O)(c1ccc(N2CCCC2)c(N=Cc2ccc(F)cc2)c1)N1CCOCC1. The highest BCUT2D eigenvalue weighted by Gasteiger charge is 2.27. The van der Waals surface area contributed by atoms with Gasteiger partial charge in [0.05, 0.1) is 29.5 Å². The fourth-order valence-electron chi connectivity index (χ4n) is 3.62. The molecule has 0 saturated carbocycles. The molecule has 154 valence electrons. The van der Waals surface area contributed by atoms with E-state index in [2.05, 4.69) is 9.89 Å². The van der Waals surface area contributed by atoms with Crippen molar-refractivity contribution < 1.29 is 17.5 Å². The lowest BCUT2D eigenvalue weighted by molar-refractivity contribution is 0.0730. The van der Waals surface area contributed by atoms with Gasteiger partial charge in [-0.05, 0) is 48.7 Å². The third kappa shape index (κ3) is 4.49. The van der Waals surface area contributed by atoms with Gasteiger partial charge < -0.3 is 9.64 Å². The van der Waals surface area contributed by atoms with E-state index in [1.807, 2.05) is 6.07 Å². The van der Waals surface area contributed by atoms with Crippen LogP contribution in [0, 0.1) is 5.82 Å². The van der Waals surface area contributed by atoms with Crippen molar-refractivity contribution in [3.63, 3.8) is 0 Å². The predicted molar refractivity (Wildman–Crippen MR) is 111 cm³/mol. The molecule has 2 fully saturated rings. The first-order valence-corrected chi connectivity index (χ1v) is 11.2. The van der Waals surface area contributed by atoms with Crippen LogP contribution in [0.4, 0.5) is 15.8 Å². The quantitative estimate of drug-likeness (QED) is 0.701. The highest BCUT2D eigenvalue weighted by atomic mass is 32.2. The standard InChI is InChI=1S/C21H24FN3O3S/c22-18-5-3-17(4-6-18)16-23-20-15-19(7-8-21(20)24-9-1-2-10-24)29(26,27)25-11-13-28-14-12-25/h3-8,15-16H,1-2,9-14H2. The van der Waals surface area contributed by atoms with Crippen LogP contribution in [0.1, 0.15) is 18.4 Å². The zero-order valence-electron chi connectivity index (χ0n) is 16.1. The highest BCUT2D eigenvalue weighted by molar-refractivity contribution is 7.89. The van der Waals surface area contributed by atoms with Gasteiger partial charge in [0, 0.05) is 32.4 Å². The van der Waals surface area contributed by atoms with E-state index in [-0.39, 0.29) is 10.7 Å². The number of ether oxygens (including phenoxy) is 1. The van der Waals surface area contributed by atoms with Crippen LogP contribution in [-0.4, -0.2) is 58.3 Å². The summed E-state index contributed by atoms with van der Waals surface area (Å²) in [7, 11) is -3.60. The second-order valence-electron chi connectivity index (χ2n) is 7.17. The maximum atomic E-state index is 13.1. The molecule has 2 aliphatic rings. The molecule has 0 bridgehead atoms. The van der Waals surface area contributed by atoms with Crippen LogP contribution in [0.5, 0.6) is 0 Å². The van der Waals surface area contributed by atoms with Gasteiger partial charge >= 0.3 is 0 Å². The molecule has 0 atom stereocenters. The maximum absolute atomic E-state index is 13.1. The minimum absolute atomic E-state index is 0.230. The van der Waals surface area contributed by atoms with Gasteiger partial charge in [0.15, 0.2) is 0 Å². The van der Waals surface area contributed by atoms with Crippen molar-refractivity contribution in [1.29, 1.82) is 0 Å². The van der Waals surface area contributed by atoms with E-state index in [0.29, 0.717) is 32.0 Å². The molecule has 0 aromatic heterocycles. The molecule has 29 heavy (non-hydrogen) atoms. The normalized spacial score (nSPS) is 18.6. The van der Waals surface area contributed by atoms with Gasteiger partial charge in [-0.25, -0.2) is 12.8 Å². The summed E-state index contributed by atoms with van der Waals surface area (Å²) in [5, 5.41) is 0. The summed E-state index contributed by atoms with van der Waals surface area (Å²) >= 11 is 0. The molecule has 0 aliphatic carbocycles. The average Bonchev–Trinajstić information content (AvgIpc) is 3.28. The zero-order chi connectivity index (χ0) is 20.3. The minimum atomic E-state index is -3.60. The van der Waals surface area contributed by atoms with Crippen molar-refractivity contribution in [3.8, 4) is 0 Å². The molecule has 4 rings (SSSR count). The summed E-state index contributed by atoms with van der Waals surface area (Å²) in [5.74, 6) is -0.307. The zero-order valence-corrected chi connectivity index (χ0v) is 16.9. The van der Waals surface area contributed by atoms with Crippen molar-refractivity contribution in [2.75, 3.05) is 44.3 Å². The Morgan fingerprint density at radius 3 is 2.34 bits per heavy atom. The number of nitrogens with zero attached hydrogens (tertiary/aromatic N) is 3. The summed E-state index contributed by atoms with van der Waals surface area (Å²) in [6.07, 6.45) is 3.85. The van der Waals surface area contributed by atoms with Crippen LogP contribution in [-0.2, 0) is 14.8 Å². The van der Waals surface area contributed by atoms with Crippen molar-refractivity contribution >= 4 is 27.6 Å². The van der Waals surface area contributed by atoms with E-state index in [4.69, 9.17) is 4.74 Å². The van der Waals surface area contributed by atoms with Crippen molar-refractivity contribution in [2.45, 2.75) is 17.7 Å². The Labute approximate surface area is 170 Å². The van der Waals surface area contributed by atoms with E-state index in [0.717, 1.165) is 37.2 Å². The molecule has 0 spiro atoms. The van der Waals surface area contributed by atoms with Crippen molar-refractivity contribution in [1.82, 2.24) is 4.31 Å². The van der Waals surface area contributed by atoms with Crippen LogP contribution < -0.4 is 4.90 Å². The second kappa shape index (κ2) is 8.61. The summed E-state index contributed by atoms with van der Waals surface area (Å²) in [4.78, 5) is 7.03. The third-order valence-electron chi connectivity index (χ3n) is 5.22. The minimum Gasteiger partial charge on any atom is -0.379 e. The number of hydrogen-bond donors (Lipinski definition) is 0. The molecule has 0 unspecified atom stereocenters. The third-order valence-corrected chi connectivity index (χ3v) is 7.12. The van der Waals surface area contributed by atoms with E-state index in [1.54, 1.807) is 30.5 Å². The van der Waals surface area contributed by atoms with E-state index >= 15 is 0 Å².